The lowest BCUT2D eigenvalue weighted by atomic mass is 9.89. The van der Waals surface area contributed by atoms with Gasteiger partial charge in [-0.25, -0.2) is 0 Å². The Morgan fingerprint density at radius 2 is 1.58 bits per heavy atom. The number of phenols is 2. The van der Waals surface area contributed by atoms with Gasteiger partial charge in [0.15, 0.2) is 23.0 Å². The van der Waals surface area contributed by atoms with E-state index < -0.39 is 0 Å². The number of methoxy groups -OCH3 is 3. The largest absolute Gasteiger partial charge is 0.504 e. The highest BCUT2D eigenvalue weighted by Crippen LogP contribution is 2.40. The predicted octanol–water partition coefficient (Wildman–Crippen LogP) is 2.97. The van der Waals surface area contributed by atoms with Gasteiger partial charge in [0.25, 0.3) is 0 Å². The number of halogens is 1. The molecule has 0 aromatic heterocycles. The van der Waals surface area contributed by atoms with Crippen LogP contribution in [-0.2, 0) is 12.8 Å². The molecular formula is C19H24ClNO5. The van der Waals surface area contributed by atoms with Crippen LogP contribution in [0.25, 0.3) is 0 Å². The van der Waals surface area contributed by atoms with Crippen molar-refractivity contribution in [3.05, 3.63) is 41.0 Å². The third-order valence-corrected chi connectivity index (χ3v) is 4.56. The van der Waals surface area contributed by atoms with Gasteiger partial charge in [-0.15, -0.1) is 12.4 Å². The summed E-state index contributed by atoms with van der Waals surface area (Å²) in [5.41, 5.74) is 3.06. The predicted molar refractivity (Wildman–Crippen MR) is 101 cm³/mol. The highest BCUT2D eigenvalue weighted by atomic mass is 35.5. The minimum Gasteiger partial charge on any atom is -0.504 e. The van der Waals surface area contributed by atoms with Gasteiger partial charge >= 0.3 is 0 Å². The van der Waals surface area contributed by atoms with Crippen LogP contribution in [0.5, 0.6) is 28.7 Å². The zero-order valence-corrected chi connectivity index (χ0v) is 15.9. The molecule has 0 unspecified atom stereocenters. The van der Waals surface area contributed by atoms with Crippen LogP contribution in [0.2, 0.25) is 0 Å². The molecule has 0 bridgehead atoms. The summed E-state index contributed by atoms with van der Waals surface area (Å²) in [6.45, 7) is 0.812. The normalized spacial score (nSPS) is 15.6. The van der Waals surface area contributed by atoms with Crippen LogP contribution < -0.4 is 19.5 Å². The van der Waals surface area contributed by atoms with Crippen molar-refractivity contribution in [2.24, 2.45) is 0 Å². The molecule has 1 aliphatic rings. The first-order chi connectivity index (χ1) is 12.1. The van der Waals surface area contributed by atoms with Gasteiger partial charge in [0.1, 0.15) is 0 Å². The Balaban J connectivity index is 0.00000243. The molecule has 2 aromatic carbocycles. The van der Waals surface area contributed by atoms with Crippen LogP contribution in [0.15, 0.2) is 24.3 Å². The first-order valence-corrected chi connectivity index (χ1v) is 8.14. The fourth-order valence-corrected chi connectivity index (χ4v) is 3.34. The van der Waals surface area contributed by atoms with E-state index in [1.807, 2.05) is 12.1 Å². The van der Waals surface area contributed by atoms with Gasteiger partial charge in [0.05, 0.1) is 21.3 Å². The van der Waals surface area contributed by atoms with E-state index in [0.29, 0.717) is 23.7 Å². The molecule has 142 valence electrons. The monoisotopic (exact) mass is 381 g/mol. The van der Waals surface area contributed by atoms with E-state index in [1.54, 1.807) is 33.5 Å². The highest BCUT2D eigenvalue weighted by molar-refractivity contribution is 5.85. The maximum absolute atomic E-state index is 9.86. The first kappa shape index (κ1) is 20.0. The third-order valence-electron chi connectivity index (χ3n) is 4.56. The van der Waals surface area contributed by atoms with Crippen molar-refractivity contribution in [2.75, 3.05) is 27.9 Å². The Bertz CT molecular complexity index is 756. The van der Waals surface area contributed by atoms with Crippen molar-refractivity contribution in [1.29, 1.82) is 0 Å². The Morgan fingerprint density at radius 1 is 0.962 bits per heavy atom. The molecule has 0 fully saturated rings. The molecular weight excluding hydrogens is 358 g/mol. The Labute approximate surface area is 159 Å². The molecule has 3 N–H and O–H groups in total. The van der Waals surface area contributed by atoms with Gasteiger partial charge in [-0.2, -0.15) is 0 Å². The van der Waals surface area contributed by atoms with Crippen molar-refractivity contribution >= 4 is 12.4 Å². The highest BCUT2D eigenvalue weighted by Gasteiger charge is 2.23. The van der Waals surface area contributed by atoms with E-state index in [9.17, 15) is 10.2 Å². The number of nitrogens with one attached hydrogen (secondary N) is 1. The second-order valence-electron chi connectivity index (χ2n) is 6.03. The number of fused-ring (bicyclic) bond motifs is 1. The van der Waals surface area contributed by atoms with Crippen LogP contribution in [0.3, 0.4) is 0 Å². The number of ether oxygens (including phenoxy) is 3. The second kappa shape index (κ2) is 8.38. The second-order valence-corrected chi connectivity index (χ2v) is 6.03. The van der Waals surface area contributed by atoms with Crippen molar-refractivity contribution < 1.29 is 24.4 Å². The molecule has 0 radical (unpaired) electrons. The molecule has 26 heavy (non-hydrogen) atoms. The quantitative estimate of drug-likeness (QED) is 0.691. The fraction of sp³-hybridized carbons (Fsp3) is 0.368. The van der Waals surface area contributed by atoms with E-state index >= 15 is 0 Å². The molecule has 0 saturated carbocycles. The van der Waals surface area contributed by atoms with Crippen LogP contribution >= 0.6 is 12.4 Å². The Kier molecular flexibility index (Phi) is 6.45. The zero-order valence-electron chi connectivity index (χ0n) is 15.0. The van der Waals surface area contributed by atoms with Crippen LogP contribution in [-0.4, -0.2) is 38.1 Å². The van der Waals surface area contributed by atoms with Crippen LogP contribution in [0, 0.1) is 0 Å². The summed E-state index contributed by atoms with van der Waals surface area (Å²) in [6, 6.07) is 7.17. The molecule has 2 aromatic rings. The number of phenolic OH excluding ortho intramolecular Hbond substituents is 2. The SMILES string of the molecule is COc1cc(C[C@H]2NCCc3cc(O)c(O)cc32)cc(OC)c1OC.Cl. The lowest BCUT2D eigenvalue weighted by Crippen LogP contribution is -2.31. The number of hydrogen-bond acceptors (Lipinski definition) is 6. The molecule has 1 aliphatic heterocycles. The van der Waals surface area contributed by atoms with E-state index in [4.69, 9.17) is 14.2 Å². The lowest BCUT2D eigenvalue weighted by Gasteiger charge is -2.28. The number of benzene rings is 2. The maximum atomic E-state index is 9.86. The molecule has 1 atom stereocenters. The average molecular weight is 382 g/mol. The summed E-state index contributed by atoms with van der Waals surface area (Å²) in [4.78, 5) is 0. The van der Waals surface area contributed by atoms with E-state index in [0.717, 1.165) is 29.7 Å². The van der Waals surface area contributed by atoms with Crippen LogP contribution in [0.4, 0.5) is 0 Å². The van der Waals surface area contributed by atoms with Crippen molar-refractivity contribution in [1.82, 2.24) is 5.32 Å². The minimum absolute atomic E-state index is 0. The zero-order chi connectivity index (χ0) is 18.0. The summed E-state index contributed by atoms with van der Waals surface area (Å²) in [5.74, 6) is 1.61. The van der Waals surface area contributed by atoms with Gasteiger partial charge in [-0.1, -0.05) is 0 Å². The van der Waals surface area contributed by atoms with E-state index in [2.05, 4.69) is 5.32 Å². The smallest absolute Gasteiger partial charge is 0.203 e. The standard InChI is InChI=1S/C19H23NO5.ClH/c1-23-17-7-11(8-18(24-2)19(17)25-3)6-14-13-10-16(22)15(21)9-12(13)4-5-20-14;/h7-10,14,20-22H,4-6H2,1-3H3;1H/t14-;/m1./s1. The minimum atomic E-state index is -0.0997. The van der Waals surface area contributed by atoms with Gasteiger partial charge < -0.3 is 29.7 Å². The fourth-order valence-electron chi connectivity index (χ4n) is 3.34. The van der Waals surface area contributed by atoms with Gasteiger partial charge in [0, 0.05) is 6.04 Å². The van der Waals surface area contributed by atoms with E-state index in [1.165, 1.54) is 0 Å². The summed E-state index contributed by atoms with van der Waals surface area (Å²) in [6.07, 6.45) is 1.50. The Morgan fingerprint density at radius 3 is 2.15 bits per heavy atom. The van der Waals surface area contributed by atoms with Crippen LogP contribution in [0.1, 0.15) is 22.7 Å². The van der Waals surface area contributed by atoms with Gasteiger partial charge in [0.2, 0.25) is 5.75 Å². The molecule has 1 heterocycles. The molecule has 3 rings (SSSR count). The molecule has 0 saturated heterocycles. The van der Waals surface area contributed by atoms with E-state index in [-0.39, 0.29) is 29.9 Å². The number of aromatic hydroxyl groups is 2. The third kappa shape index (κ3) is 3.76. The summed E-state index contributed by atoms with van der Waals surface area (Å²) in [5, 5.41) is 23.1. The molecule has 0 spiro atoms. The lowest BCUT2D eigenvalue weighted by molar-refractivity contribution is 0.323. The van der Waals surface area contributed by atoms with Crippen molar-refractivity contribution in [3.8, 4) is 28.7 Å². The summed E-state index contributed by atoms with van der Waals surface area (Å²) in [7, 11) is 4.76. The molecule has 6 nitrogen and oxygen atoms in total. The summed E-state index contributed by atoms with van der Waals surface area (Å²) < 4.78 is 16.2. The van der Waals surface area contributed by atoms with Gasteiger partial charge in [-0.05, 0) is 60.3 Å². The van der Waals surface area contributed by atoms with Crippen molar-refractivity contribution in [2.45, 2.75) is 18.9 Å². The summed E-state index contributed by atoms with van der Waals surface area (Å²) >= 11 is 0. The molecule has 7 heteroatoms. The maximum Gasteiger partial charge on any atom is 0.203 e. The number of hydrogen-bond donors (Lipinski definition) is 3. The first-order valence-electron chi connectivity index (χ1n) is 8.14. The molecule has 0 amide bonds. The van der Waals surface area contributed by atoms with Gasteiger partial charge in [-0.3, -0.25) is 0 Å². The Hall–Kier alpha value is -2.31. The topological polar surface area (TPSA) is 80.2 Å². The average Bonchev–Trinajstić information content (AvgIpc) is 2.62. The van der Waals surface area contributed by atoms with Crippen molar-refractivity contribution in [3.63, 3.8) is 0 Å². The number of rotatable bonds is 5. The molecule has 0 aliphatic carbocycles.